The van der Waals surface area contributed by atoms with Crippen molar-refractivity contribution < 1.29 is 18.7 Å². The number of rotatable bonds is 3. The number of allylic oxidation sites excluding steroid dienone is 1. The summed E-state index contributed by atoms with van der Waals surface area (Å²) >= 11 is 1.26. The third kappa shape index (κ3) is 3.66. The quantitative estimate of drug-likeness (QED) is 0.628. The number of benzene rings is 2. The molecule has 4 rings (SSSR count). The molecule has 3 aromatic rings. The third-order valence-corrected chi connectivity index (χ3v) is 6.28. The molecule has 1 amide bonds. The second-order valence-electron chi connectivity index (χ2n) is 7.03. The lowest BCUT2D eigenvalue weighted by molar-refractivity contribution is 0.0596. The number of nitrogens with zero attached hydrogens (tertiary/aromatic N) is 2. The van der Waals surface area contributed by atoms with E-state index in [2.05, 4.69) is 4.98 Å². The third-order valence-electron chi connectivity index (χ3n) is 5.08. The first kappa shape index (κ1) is 20.4. The largest absolute Gasteiger partial charge is 0.392 e. The number of para-hydroxylation sites is 1. The first-order valence-corrected chi connectivity index (χ1v) is 10.4. The Balaban J connectivity index is 1.77. The average molecular weight is 426 g/mol. The number of thiazole rings is 1. The molecule has 1 aliphatic rings. The first-order chi connectivity index (χ1) is 14.4. The molecule has 2 heterocycles. The van der Waals surface area contributed by atoms with E-state index in [1.165, 1.54) is 16.2 Å². The summed E-state index contributed by atoms with van der Waals surface area (Å²) in [5.74, 6) is -3.49. The Morgan fingerprint density at radius 2 is 1.90 bits per heavy atom. The number of aryl methyl sites for hydroxylation is 1. The van der Waals surface area contributed by atoms with Gasteiger partial charge in [0.15, 0.2) is 0 Å². The molecule has 0 fully saturated rings. The fraction of sp³-hybridized carbons (Fsp3) is 0.217. The van der Waals surface area contributed by atoms with Crippen molar-refractivity contribution in [2.24, 2.45) is 0 Å². The Bertz CT molecular complexity index is 1110. The van der Waals surface area contributed by atoms with Gasteiger partial charge in [-0.25, -0.2) is 13.8 Å². The molecule has 0 unspecified atom stereocenters. The maximum atomic E-state index is 14.8. The Morgan fingerprint density at radius 1 is 1.20 bits per heavy atom. The number of carbonyl (C=O) groups excluding carboxylic acids is 1. The van der Waals surface area contributed by atoms with Crippen LogP contribution in [0.15, 0.2) is 60.7 Å². The molecule has 0 spiro atoms. The topological polar surface area (TPSA) is 53.4 Å². The molecule has 7 heteroatoms. The van der Waals surface area contributed by atoms with E-state index in [0.29, 0.717) is 21.3 Å². The minimum Gasteiger partial charge on any atom is -0.392 e. The molecule has 4 nitrogen and oxygen atoms in total. The number of alkyl halides is 2. The van der Waals surface area contributed by atoms with E-state index in [-0.39, 0.29) is 23.6 Å². The Kier molecular flexibility index (Phi) is 5.49. The normalized spacial score (nSPS) is 16.9. The summed E-state index contributed by atoms with van der Waals surface area (Å²) in [6.45, 7) is 1.12. The van der Waals surface area contributed by atoms with E-state index in [4.69, 9.17) is 0 Å². The molecule has 1 aromatic heterocycles. The van der Waals surface area contributed by atoms with Gasteiger partial charge in [0.1, 0.15) is 9.88 Å². The lowest BCUT2D eigenvalue weighted by Gasteiger charge is -2.22. The van der Waals surface area contributed by atoms with Gasteiger partial charge >= 0.3 is 0 Å². The molecule has 1 N–H and O–H groups in total. The van der Waals surface area contributed by atoms with E-state index in [9.17, 15) is 18.7 Å². The van der Waals surface area contributed by atoms with Crippen molar-refractivity contribution in [2.45, 2.75) is 19.3 Å². The van der Waals surface area contributed by atoms with Crippen molar-refractivity contribution in [1.29, 1.82) is 0 Å². The van der Waals surface area contributed by atoms with E-state index in [1.807, 2.05) is 30.3 Å². The Hall–Kier alpha value is -2.90. The minimum atomic E-state index is -3.15. The van der Waals surface area contributed by atoms with Crippen LogP contribution in [0, 0.1) is 6.92 Å². The van der Waals surface area contributed by atoms with Gasteiger partial charge in [-0.3, -0.25) is 4.79 Å². The lowest BCUT2D eigenvalue weighted by atomic mass is 9.97. The van der Waals surface area contributed by atoms with Crippen molar-refractivity contribution in [1.82, 2.24) is 4.98 Å². The monoisotopic (exact) mass is 426 g/mol. The van der Waals surface area contributed by atoms with Gasteiger partial charge in [-0.2, -0.15) is 0 Å². The van der Waals surface area contributed by atoms with Crippen LogP contribution in [-0.2, 0) is 0 Å². The highest BCUT2D eigenvalue weighted by molar-refractivity contribution is 7.17. The number of hydrogen-bond donors (Lipinski definition) is 1. The second kappa shape index (κ2) is 8.08. The molecule has 0 radical (unpaired) electrons. The number of hydrogen-bond acceptors (Lipinski definition) is 4. The van der Waals surface area contributed by atoms with Gasteiger partial charge in [-0.05, 0) is 19.1 Å². The molecule has 0 bridgehead atoms. The van der Waals surface area contributed by atoms with Gasteiger partial charge in [0.25, 0.3) is 11.8 Å². The molecule has 0 saturated carbocycles. The maximum Gasteiger partial charge on any atom is 0.275 e. The molecule has 0 atom stereocenters. The summed E-state index contributed by atoms with van der Waals surface area (Å²) in [6.07, 6.45) is 0.598. The predicted molar refractivity (Wildman–Crippen MR) is 115 cm³/mol. The number of aliphatic hydroxyl groups excluding tert-OH is 1. The fourth-order valence-electron chi connectivity index (χ4n) is 3.62. The van der Waals surface area contributed by atoms with Crippen molar-refractivity contribution in [3.63, 3.8) is 0 Å². The Morgan fingerprint density at radius 3 is 2.63 bits per heavy atom. The van der Waals surface area contributed by atoms with E-state index < -0.39 is 19.0 Å². The number of carbonyl (C=O) groups is 1. The number of amides is 1. The zero-order valence-corrected chi connectivity index (χ0v) is 17.1. The Labute approximate surface area is 177 Å². The van der Waals surface area contributed by atoms with Crippen molar-refractivity contribution >= 4 is 28.5 Å². The van der Waals surface area contributed by atoms with Crippen LogP contribution in [0.2, 0.25) is 0 Å². The SMILES string of the molecule is Cc1nc(-c2ccccc2)sc1C(=O)N1CCC(F)(F)/C(=C\CO)c2ccccc21. The zero-order valence-electron chi connectivity index (χ0n) is 16.3. The molecule has 1 aliphatic heterocycles. The second-order valence-corrected chi connectivity index (χ2v) is 8.03. The van der Waals surface area contributed by atoms with Crippen LogP contribution in [0.5, 0.6) is 0 Å². The standard InChI is InChI=1S/C23H20F2N2O2S/c1-15-20(30-21(26-15)16-7-3-2-4-8-16)22(29)27-13-12-23(24,25)18(11-14-28)17-9-5-6-10-19(17)27/h2-11,28H,12-14H2,1H3/b18-11-. The lowest BCUT2D eigenvalue weighted by Crippen LogP contribution is -2.33. The van der Waals surface area contributed by atoms with Crippen LogP contribution in [0.4, 0.5) is 14.5 Å². The van der Waals surface area contributed by atoms with Crippen LogP contribution in [0.3, 0.4) is 0 Å². The highest BCUT2D eigenvalue weighted by atomic mass is 32.1. The molecular weight excluding hydrogens is 406 g/mol. The van der Waals surface area contributed by atoms with Gasteiger partial charge in [-0.1, -0.05) is 48.5 Å². The van der Waals surface area contributed by atoms with Crippen LogP contribution in [0.25, 0.3) is 16.1 Å². The van der Waals surface area contributed by atoms with Crippen molar-refractivity contribution in [2.75, 3.05) is 18.1 Å². The molecular formula is C23H20F2N2O2S. The van der Waals surface area contributed by atoms with Gasteiger partial charge < -0.3 is 10.0 Å². The van der Waals surface area contributed by atoms with E-state index in [1.54, 1.807) is 31.2 Å². The molecule has 0 saturated heterocycles. The summed E-state index contributed by atoms with van der Waals surface area (Å²) in [7, 11) is 0. The fourth-order valence-corrected chi connectivity index (χ4v) is 4.64. The summed E-state index contributed by atoms with van der Waals surface area (Å²) in [5, 5.41) is 9.99. The first-order valence-electron chi connectivity index (χ1n) is 9.56. The average Bonchev–Trinajstić information content (AvgIpc) is 3.09. The maximum absolute atomic E-state index is 14.8. The molecule has 154 valence electrons. The van der Waals surface area contributed by atoms with Gasteiger partial charge in [0.2, 0.25) is 0 Å². The number of halogens is 2. The summed E-state index contributed by atoms with van der Waals surface area (Å²) in [5.41, 5.74) is 1.90. The van der Waals surface area contributed by atoms with Gasteiger partial charge in [0.05, 0.1) is 18.0 Å². The number of fused-ring (bicyclic) bond motifs is 1. The van der Waals surface area contributed by atoms with Crippen LogP contribution in [-0.4, -0.2) is 35.1 Å². The summed E-state index contributed by atoms with van der Waals surface area (Å²) in [4.78, 5) is 19.8. The van der Waals surface area contributed by atoms with Gasteiger partial charge in [0, 0.05) is 29.7 Å². The number of anilines is 1. The molecule has 2 aromatic carbocycles. The minimum absolute atomic E-state index is 0.135. The highest BCUT2D eigenvalue weighted by Gasteiger charge is 2.41. The van der Waals surface area contributed by atoms with Gasteiger partial charge in [-0.15, -0.1) is 11.3 Å². The molecule has 0 aliphatic carbocycles. The van der Waals surface area contributed by atoms with Crippen LogP contribution < -0.4 is 4.90 Å². The van der Waals surface area contributed by atoms with Crippen molar-refractivity contribution in [3.05, 3.63) is 76.8 Å². The number of aromatic nitrogens is 1. The molecule has 30 heavy (non-hydrogen) atoms. The predicted octanol–water partition coefficient (Wildman–Crippen LogP) is 5.18. The highest BCUT2D eigenvalue weighted by Crippen LogP contribution is 2.43. The number of aliphatic hydroxyl groups is 1. The van der Waals surface area contributed by atoms with Crippen LogP contribution >= 0.6 is 11.3 Å². The van der Waals surface area contributed by atoms with Crippen molar-refractivity contribution in [3.8, 4) is 10.6 Å². The van der Waals surface area contributed by atoms with E-state index in [0.717, 1.165) is 11.6 Å². The summed E-state index contributed by atoms with van der Waals surface area (Å²) < 4.78 is 29.6. The smallest absolute Gasteiger partial charge is 0.275 e. The summed E-state index contributed by atoms with van der Waals surface area (Å²) in [6, 6.07) is 16.1. The zero-order chi connectivity index (χ0) is 21.3. The van der Waals surface area contributed by atoms with Crippen LogP contribution in [0.1, 0.15) is 27.3 Å². The van der Waals surface area contributed by atoms with E-state index >= 15 is 0 Å².